The van der Waals surface area contributed by atoms with Crippen molar-refractivity contribution in [1.29, 1.82) is 0 Å². The van der Waals surface area contributed by atoms with Gasteiger partial charge in [-0.25, -0.2) is 8.42 Å². The molecule has 0 bridgehead atoms. The Balaban J connectivity index is 1.69. The number of hydrogen-bond donors (Lipinski definition) is 1. The van der Waals surface area contributed by atoms with Gasteiger partial charge in [-0.05, 0) is 53.1 Å². The summed E-state index contributed by atoms with van der Waals surface area (Å²) >= 11 is 6.05. The summed E-state index contributed by atoms with van der Waals surface area (Å²) in [5.74, 6) is -0.121. The zero-order chi connectivity index (χ0) is 20.1. The Morgan fingerprint density at radius 1 is 0.929 bits per heavy atom. The van der Waals surface area contributed by atoms with Gasteiger partial charge in [-0.15, -0.1) is 0 Å². The van der Waals surface area contributed by atoms with Gasteiger partial charge < -0.3 is 5.32 Å². The monoisotopic (exact) mass is 413 g/mol. The molecule has 0 atom stereocenters. The minimum absolute atomic E-state index is 0.0514. The maximum absolute atomic E-state index is 12.4. The first-order valence-electron chi connectivity index (χ1n) is 8.85. The quantitative estimate of drug-likeness (QED) is 0.619. The van der Waals surface area contributed by atoms with Gasteiger partial charge in [0, 0.05) is 10.7 Å². The van der Waals surface area contributed by atoms with Crippen LogP contribution in [0.5, 0.6) is 0 Å². The van der Waals surface area contributed by atoms with Crippen LogP contribution in [0.25, 0.3) is 11.1 Å². The molecule has 0 aliphatic carbocycles. The maximum atomic E-state index is 12.4. The Kier molecular flexibility index (Phi) is 6.17. The Bertz CT molecular complexity index is 1090. The van der Waals surface area contributed by atoms with Crippen LogP contribution >= 0.6 is 11.6 Å². The predicted octanol–water partition coefficient (Wildman–Crippen LogP) is 4.98. The van der Waals surface area contributed by atoms with Gasteiger partial charge >= 0.3 is 0 Å². The van der Waals surface area contributed by atoms with Crippen molar-refractivity contribution >= 4 is 33.0 Å². The van der Waals surface area contributed by atoms with Crippen molar-refractivity contribution in [3.05, 3.63) is 83.4 Å². The zero-order valence-electron chi connectivity index (χ0n) is 15.4. The van der Waals surface area contributed by atoms with E-state index in [0.717, 1.165) is 16.7 Å². The van der Waals surface area contributed by atoms with E-state index >= 15 is 0 Å². The van der Waals surface area contributed by atoms with Crippen molar-refractivity contribution in [3.63, 3.8) is 0 Å². The predicted molar refractivity (Wildman–Crippen MR) is 113 cm³/mol. The molecule has 0 saturated carbocycles. The molecule has 0 radical (unpaired) electrons. The molecule has 0 heterocycles. The van der Waals surface area contributed by atoms with Crippen LogP contribution in [-0.2, 0) is 21.1 Å². The van der Waals surface area contributed by atoms with Crippen LogP contribution in [0.4, 0.5) is 5.69 Å². The normalized spacial score (nSPS) is 11.2. The number of anilines is 1. The molecule has 0 aromatic heterocycles. The summed E-state index contributed by atoms with van der Waals surface area (Å²) in [5.41, 5.74) is 3.36. The highest BCUT2D eigenvalue weighted by Crippen LogP contribution is 2.25. The second kappa shape index (κ2) is 8.59. The van der Waals surface area contributed by atoms with Gasteiger partial charge in [0.1, 0.15) is 0 Å². The summed E-state index contributed by atoms with van der Waals surface area (Å²) in [6.45, 7) is 1.61. The van der Waals surface area contributed by atoms with Crippen molar-refractivity contribution < 1.29 is 13.2 Å². The Morgan fingerprint density at radius 3 is 2.21 bits per heavy atom. The average molecular weight is 414 g/mol. The number of rotatable bonds is 6. The molecule has 1 N–H and O–H groups in total. The lowest BCUT2D eigenvalue weighted by atomic mass is 10.1. The van der Waals surface area contributed by atoms with Crippen molar-refractivity contribution in [3.8, 4) is 11.1 Å². The minimum atomic E-state index is -3.24. The van der Waals surface area contributed by atoms with E-state index in [2.05, 4.69) is 5.32 Å². The second-order valence-corrected chi connectivity index (χ2v) is 9.08. The fourth-order valence-corrected chi connectivity index (χ4v) is 3.89. The average Bonchev–Trinajstić information content (AvgIpc) is 2.68. The summed E-state index contributed by atoms with van der Waals surface area (Å²) in [6.07, 6.45) is 0.161. The van der Waals surface area contributed by atoms with Crippen molar-refractivity contribution in [2.45, 2.75) is 18.2 Å². The molecule has 4 nitrogen and oxygen atoms in total. The van der Waals surface area contributed by atoms with E-state index in [1.165, 1.54) is 0 Å². The lowest BCUT2D eigenvalue weighted by Gasteiger charge is -2.09. The van der Waals surface area contributed by atoms with Gasteiger partial charge in [0.05, 0.1) is 17.1 Å². The molecule has 0 saturated heterocycles. The summed E-state index contributed by atoms with van der Waals surface area (Å²) < 4.78 is 23.7. The molecule has 144 valence electrons. The number of halogens is 1. The van der Waals surface area contributed by atoms with Gasteiger partial charge in [0.2, 0.25) is 5.91 Å². The number of nitrogens with one attached hydrogen (secondary N) is 1. The van der Waals surface area contributed by atoms with E-state index in [-0.39, 0.29) is 23.0 Å². The Hall–Kier alpha value is -2.63. The van der Waals surface area contributed by atoms with Crippen LogP contribution in [0, 0.1) is 0 Å². The minimum Gasteiger partial charge on any atom is -0.326 e. The van der Waals surface area contributed by atoms with Crippen LogP contribution < -0.4 is 5.32 Å². The third-order valence-corrected chi connectivity index (χ3v) is 6.32. The van der Waals surface area contributed by atoms with E-state index in [1.54, 1.807) is 31.2 Å². The molecule has 28 heavy (non-hydrogen) atoms. The second-order valence-electron chi connectivity index (χ2n) is 6.36. The molecular weight excluding hydrogens is 394 g/mol. The molecule has 1 amide bonds. The first-order valence-corrected chi connectivity index (χ1v) is 10.9. The molecule has 0 fully saturated rings. The van der Waals surface area contributed by atoms with Crippen LogP contribution in [0.15, 0.2) is 77.7 Å². The van der Waals surface area contributed by atoms with Crippen LogP contribution in [0.3, 0.4) is 0 Å². The summed E-state index contributed by atoms with van der Waals surface area (Å²) in [6, 6.07) is 21.5. The van der Waals surface area contributed by atoms with Crippen LogP contribution in [0.2, 0.25) is 5.02 Å². The molecule has 0 aliphatic rings. The zero-order valence-corrected chi connectivity index (χ0v) is 16.9. The van der Waals surface area contributed by atoms with Gasteiger partial charge in [0.15, 0.2) is 9.84 Å². The first kappa shape index (κ1) is 20.1. The number of benzene rings is 3. The fraction of sp³-hybridized carbons (Fsp3) is 0.136. The molecule has 0 aliphatic heterocycles. The SMILES string of the molecule is CCS(=O)(=O)c1ccc(CC(=O)Nc2cccc(-c3cccc(Cl)c3)c2)cc1. The number of amides is 1. The van der Waals surface area contributed by atoms with Crippen molar-refractivity contribution in [2.75, 3.05) is 11.1 Å². The molecule has 0 spiro atoms. The van der Waals surface area contributed by atoms with E-state index in [4.69, 9.17) is 11.6 Å². The molecule has 3 aromatic carbocycles. The molecule has 0 unspecified atom stereocenters. The largest absolute Gasteiger partial charge is 0.326 e. The van der Waals surface area contributed by atoms with E-state index in [9.17, 15) is 13.2 Å². The van der Waals surface area contributed by atoms with Gasteiger partial charge in [0.25, 0.3) is 0 Å². The number of sulfone groups is 1. The third kappa shape index (κ3) is 5.00. The summed E-state index contributed by atoms with van der Waals surface area (Å²) in [7, 11) is -3.24. The van der Waals surface area contributed by atoms with Gasteiger partial charge in [-0.1, -0.05) is 54.9 Å². The lowest BCUT2D eigenvalue weighted by Crippen LogP contribution is -2.14. The van der Waals surface area contributed by atoms with E-state index < -0.39 is 9.84 Å². The van der Waals surface area contributed by atoms with Crippen molar-refractivity contribution in [2.24, 2.45) is 0 Å². The standard InChI is InChI=1S/C22H20ClNO3S/c1-2-28(26,27)21-11-9-16(10-12-21)13-22(25)24-20-8-4-6-18(15-20)17-5-3-7-19(23)14-17/h3-12,14-15H,2,13H2,1H3,(H,24,25). The van der Waals surface area contributed by atoms with Gasteiger partial charge in [-0.3, -0.25) is 4.79 Å². The number of carbonyl (C=O) groups excluding carboxylic acids is 1. The first-order chi connectivity index (χ1) is 13.4. The third-order valence-electron chi connectivity index (χ3n) is 4.33. The summed E-state index contributed by atoms with van der Waals surface area (Å²) in [4.78, 5) is 12.6. The highest BCUT2D eigenvalue weighted by atomic mass is 35.5. The molecular formula is C22H20ClNO3S. The van der Waals surface area contributed by atoms with Gasteiger partial charge in [-0.2, -0.15) is 0 Å². The molecule has 3 aromatic rings. The Labute approximate surface area is 170 Å². The fourth-order valence-electron chi connectivity index (χ4n) is 2.82. The lowest BCUT2D eigenvalue weighted by molar-refractivity contribution is -0.115. The topological polar surface area (TPSA) is 63.2 Å². The highest BCUT2D eigenvalue weighted by Gasteiger charge is 2.12. The highest BCUT2D eigenvalue weighted by molar-refractivity contribution is 7.91. The summed E-state index contributed by atoms with van der Waals surface area (Å²) in [5, 5.41) is 3.53. The molecule has 6 heteroatoms. The Morgan fingerprint density at radius 2 is 1.57 bits per heavy atom. The van der Waals surface area contributed by atoms with E-state index in [1.807, 2.05) is 48.5 Å². The number of hydrogen-bond acceptors (Lipinski definition) is 3. The van der Waals surface area contributed by atoms with E-state index in [0.29, 0.717) is 10.7 Å². The van der Waals surface area contributed by atoms with Crippen LogP contribution in [-0.4, -0.2) is 20.1 Å². The number of carbonyl (C=O) groups is 1. The molecule has 3 rings (SSSR count). The smallest absolute Gasteiger partial charge is 0.228 e. The van der Waals surface area contributed by atoms with Crippen LogP contribution in [0.1, 0.15) is 12.5 Å². The maximum Gasteiger partial charge on any atom is 0.228 e. The van der Waals surface area contributed by atoms with Crippen molar-refractivity contribution in [1.82, 2.24) is 0 Å².